The first-order valence-corrected chi connectivity index (χ1v) is 6.51. The molecule has 1 aliphatic heterocycles. The predicted octanol–water partition coefficient (Wildman–Crippen LogP) is 0.858. The summed E-state index contributed by atoms with van der Waals surface area (Å²) in [6.07, 6.45) is 1.53. The molecule has 1 aliphatic rings. The first-order valence-electron chi connectivity index (χ1n) is 5.72. The minimum absolute atomic E-state index is 0.142. The van der Waals surface area contributed by atoms with Crippen LogP contribution in [0.1, 0.15) is 10.5 Å². The van der Waals surface area contributed by atoms with Crippen molar-refractivity contribution in [3.63, 3.8) is 0 Å². The van der Waals surface area contributed by atoms with Gasteiger partial charge in [-0.05, 0) is 28.1 Å². The number of carbonyl (C=O) groups excluding carboxylic acids is 2. The van der Waals surface area contributed by atoms with Crippen LogP contribution in [0.25, 0.3) is 0 Å². The molecule has 0 saturated carbocycles. The van der Waals surface area contributed by atoms with Gasteiger partial charge in [-0.15, -0.1) is 0 Å². The lowest BCUT2D eigenvalue weighted by molar-refractivity contribution is -0.151. The fraction of sp³-hybridized carbons (Fsp3) is 0.417. The highest BCUT2D eigenvalue weighted by Gasteiger charge is 2.35. The number of halogens is 1. The Morgan fingerprint density at radius 1 is 1.58 bits per heavy atom. The summed E-state index contributed by atoms with van der Waals surface area (Å²) in [4.78, 5) is 29.6. The van der Waals surface area contributed by atoms with E-state index in [9.17, 15) is 9.59 Å². The van der Waals surface area contributed by atoms with Crippen LogP contribution in [0.2, 0.25) is 0 Å². The van der Waals surface area contributed by atoms with Crippen LogP contribution in [0.5, 0.6) is 0 Å². The van der Waals surface area contributed by atoms with Gasteiger partial charge in [-0.1, -0.05) is 0 Å². The quantitative estimate of drug-likeness (QED) is 0.753. The largest absolute Gasteiger partial charge is 0.467 e. The SMILES string of the molecule is COC(=O)C1COCCN1C(=O)c1ncccc1Br. The van der Waals surface area contributed by atoms with E-state index < -0.39 is 12.0 Å². The average molecular weight is 329 g/mol. The minimum atomic E-state index is -0.722. The molecule has 1 unspecified atom stereocenters. The van der Waals surface area contributed by atoms with E-state index in [2.05, 4.69) is 20.9 Å². The summed E-state index contributed by atoms with van der Waals surface area (Å²) in [5.74, 6) is -0.800. The highest BCUT2D eigenvalue weighted by atomic mass is 79.9. The number of esters is 1. The summed E-state index contributed by atoms with van der Waals surface area (Å²) in [5, 5.41) is 0. The van der Waals surface area contributed by atoms with E-state index >= 15 is 0 Å². The van der Waals surface area contributed by atoms with Gasteiger partial charge < -0.3 is 14.4 Å². The van der Waals surface area contributed by atoms with Crippen molar-refractivity contribution in [2.75, 3.05) is 26.9 Å². The van der Waals surface area contributed by atoms with Crippen LogP contribution >= 0.6 is 15.9 Å². The van der Waals surface area contributed by atoms with Crippen LogP contribution in [0.3, 0.4) is 0 Å². The van der Waals surface area contributed by atoms with Crippen molar-refractivity contribution in [2.24, 2.45) is 0 Å². The highest BCUT2D eigenvalue weighted by molar-refractivity contribution is 9.10. The monoisotopic (exact) mass is 328 g/mol. The van der Waals surface area contributed by atoms with E-state index in [0.717, 1.165) is 0 Å². The topological polar surface area (TPSA) is 68.7 Å². The van der Waals surface area contributed by atoms with Gasteiger partial charge in [0.25, 0.3) is 5.91 Å². The van der Waals surface area contributed by atoms with Crippen molar-refractivity contribution in [3.8, 4) is 0 Å². The van der Waals surface area contributed by atoms with Gasteiger partial charge in [0, 0.05) is 17.2 Å². The van der Waals surface area contributed by atoms with E-state index in [1.807, 2.05) is 0 Å². The number of amides is 1. The molecule has 7 heteroatoms. The number of hydrogen-bond donors (Lipinski definition) is 0. The number of ether oxygens (including phenoxy) is 2. The molecule has 0 aromatic carbocycles. The van der Waals surface area contributed by atoms with Gasteiger partial charge in [-0.2, -0.15) is 0 Å². The number of methoxy groups -OCH3 is 1. The fourth-order valence-electron chi connectivity index (χ4n) is 1.86. The Morgan fingerprint density at radius 3 is 3.05 bits per heavy atom. The molecule has 6 nitrogen and oxygen atoms in total. The zero-order chi connectivity index (χ0) is 13.8. The van der Waals surface area contributed by atoms with Crippen LogP contribution in [-0.2, 0) is 14.3 Å². The lowest BCUT2D eigenvalue weighted by Crippen LogP contribution is -2.53. The van der Waals surface area contributed by atoms with Crippen LogP contribution in [0.4, 0.5) is 0 Å². The van der Waals surface area contributed by atoms with Gasteiger partial charge in [-0.25, -0.2) is 9.78 Å². The zero-order valence-electron chi connectivity index (χ0n) is 10.3. The average Bonchev–Trinajstić information content (AvgIpc) is 2.46. The molecule has 0 aliphatic carbocycles. The van der Waals surface area contributed by atoms with Gasteiger partial charge in [0.05, 0.1) is 20.3 Å². The standard InChI is InChI=1S/C12H13BrN2O4/c1-18-12(17)9-7-19-6-5-15(9)11(16)10-8(13)3-2-4-14-10/h2-4,9H,5-7H2,1H3. The molecule has 19 heavy (non-hydrogen) atoms. The summed E-state index contributed by atoms with van der Waals surface area (Å²) in [6, 6.07) is 2.73. The maximum atomic E-state index is 12.4. The Hall–Kier alpha value is -1.47. The molecule has 1 aromatic rings. The Bertz CT molecular complexity index is 494. The normalized spacial score (nSPS) is 19.1. The second kappa shape index (κ2) is 6.12. The first kappa shape index (κ1) is 14.0. The van der Waals surface area contributed by atoms with E-state index in [1.165, 1.54) is 18.2 Å². The van der Waals surface area contributed by atoms with Crippen LogP contribution in [0.15, 0.2) is 22.8 Å². The number of morpholine rings is 1. The smallest absolute Gasteiger partial charge is 0.331 e. The van der Waals surface area contributed by atoms with Crippen molar-refractivity contribution in [3.05, 3.63) is 28.5 Å². The molecule has 0 bridgehead atoms. The third kappa shape index (κ3) is 2.93. The number of nitrogens with zero attached hydrogens (tertiary/aromatic N) is 2. The van der Waals surface area contributed by atoms with E-state index in [0.29, 0.717) is 17.6 Å². The van der Waals surface area contributed by atoms with Gasteiger partial charge in [-0.3, -0.25) is 4.79 Å². The molecule has 0 spiro atoms. The van der Waals surface area contributed by atoms with Crippen LogP contribution in [0, 0.1) is 0 Å². The summed E-state index contributed by atoms with van der Waals surface area (Å²) in [6.45, 7) is 0.869. The number of rotatable bonds is 2. The van der Waals surface area contributed by atoms with Gasteiger partial charge in [0.1, 0.15) is 5.69 Å². The van der Waals surface area contributed by atoms with E-state index in [-0.39, 0.29) is 18.2 Å². The Kier molecular flexibility index (Phi) is 4.49. The second-order valence-corrected chi connectivity index (χ2v) is 4.80. The molecule has 2 rings (SSSR count). The Morgan fingerprint density at radius 2 is 2.37 bits per heavy atom. The third-order valence-corrected chi connectivity index (χ3v) is 3.46. The van der Waals surface area contributed by atoms with Crippen molar-refractivity contribution in [1.82, 2.24) is 9.88 Å². The van der Waals surface area contributed by atoms with Gasteiger partial charge in [0.2, 0.25) is 0 Å². The maximum Gasteiger partial charge on any atom is 0.331 e. The van der Waals surface area contributed by atoms with Gasteiger partial charge in [0.15, 0.2) is 6.04 Å². The molecule has 1 atom stereocenters. The number of carbonyl (C=O) groups is 2. The Balaban J connectivity index is 2.25. The summed E-state index contributed by atoms with van der Waals surface area (Å²) < 4.78 is 10.5. The Labute approximate surface area is 118 Å². The van der Waals surface area contributed by atoms with Crippen molar-refractivity contribution < 1.29 is 19.1 Å². The van der Waals surface area contributed by atoms with Crippen LogP contribution < -0.4 is 0 Å². The zero-order valence-corrected chi connectivity index (χ0v) is 11.9. The molecular formula is C12H13BrN2O4. The summed E-state index contributed by atoms with van der Waals surface area (Å²) in [5.41, 5.74) is 0.276. The van der Waals surface area contributed by atoms with E-state index in [4.69, 9.17) is 9.47 Å². The molecule has 1 fully saturated rings. The maximum absolute atomic E-state index is 12.4. The second-order valence-electron chi connectivity index (χ2n) is 3.95. The summed E-state index contributed by atoms with van der Waals surface area (Å²) >= 11 is 3.28. The predicted molar refractivity (Wildman–Crippen MR) is 69.6 cm³/mol. The third-order valence-electron chi connectivity index (χ3n) is 2.82. The number of hydrogen-bond acceptors (Lipinski definition) is 5. The molecular weight excluding hydrogens is 316 g/mol. The fourth-order valence-corrected chi connectivity index (χ4v) is 2.28. The number of pyridine rings is 1. The molecule has 0 radical (unpaired) electrons. The first-order chi connectivity index (χ1) is 9.15. The molecule has 1 saturated heterocycles. The molecule has 1 amide bonds. The minimum Gasteiger partial charge on any atom is -0.467 e. The molecule has 0 N–H and O–H groups in total. The lowest BCUT2D eigenvalue weighted by Gasteiger charge is -2.33. The highest BCUT2D eigenvalue weighted by Crippen LogP contribution is 2.18. The van der Waals surface area contributed by atoms with Crippen molar-refractivity contribution in [2.45, 2.75) is 6.04 Å². The molecule has 102 valence electrons. The lowest BCUT2D eigenvalue weighted by atomic mass is 10.2. The number of aromatic nitrogens is 1. The molecule has 1 aromatic heterocycles. The van der Waals surface area contributed by atoms with E-state index in [1.54, 1.807) is 12.1 Å². The molecule has 2 heterocycles. The van der Waals surface area contributed by atoms with Gasteiger partial charge >= 0.3 is 5.97 Å². The van der Waals surface area contributed by atoms with Crippen molar-refractivity contribution in [1.29, 1.82) is 0 Å². The summed E-state index contributed by atoms with van der Waals surface area (Å²) in [7, 11) is 1.29. The van der Waals surface area contributed by atoms with Crippen LogP contribution in [-0.4, -0.2) is 54.7 Å². The van der Waals surface area contributed by atoms with Crippen molar-refractivity contribution >= 4 is 27.8 Å².